The lowest BCUT2D eigenvalue weighted by Gasteiger charge is -2.15. The van der Waals surface area contributed by atoms with Crippen molar-refractivity contribution in [1.29, 1.82) is 0 Å². The first kappa shape index (κ1) is 23.3. The van der Waals surface area contributed by atoms with E-state index in [-0.39, 0.29) is 18.3 Å². The van der Waals surface area contributed by atoms with Gasteiger partial charge in [-0.3, -0.25) is 14.2 Å². The number of hydrogen-bond acceptors (Lipinski definition) is 5. The number of aromatic amines is 1. The predicted octanol–water partition coefficient (Wildman–Crippen LogP) is 4.68. The van der Waals surface area contributed by atoms with Crippen molar-refractivity contribution >= 4 is 29.0 Å². The highest BCUT2D eigenvalue weighted by Gasteiger charge is 2.17. The van der Waals surface area contributed by atoms with Crippen LogP contribution in [0.25, 0.3) is 10.9 Å². The molecule has 2 heterocycles. The lowest BCUT2D eigenvalue weighted by atomic mass is 9.99. The molecule has 2 N–H and O–H groups in total. The first-order valence-electron chi connectivity index (χ1n) is 11.4. The Labute approximate surface area is 188 Å². The third-order valence-electron chi connectivity index (χ3n) is 5.89. The molecule has 0 saturated heterocycles. The number of benzene rings is 1. The highest BCUT2D eigenvalue weighted by Crippen LogP contribution is 2.34. The molecule has 3 rings (SSSR count). The monoisotopic (exact) mass is 447 g/mol. The molecular formula is C23H33N3O4S. The average molecular weight is 448 g/mol. The number of aromatic nitrogens is 2. The molecule has 0 radical (unpaired) electrons. The van der Waals surface area contributed by atoms with Crippen LogP contribution in [-0.4, -0.2) is 28.8 Å². The van der Waals surface area contributed by atoms with Crippen LogP contribution in [0.5, 0.6) is 11.5 Å². The van der Waals surface area contributed by atoms with Gasteiger partial charge in [-0.1, -0.05) is 39.5 Å². The van der Waals surface area contributed by atoms with Crippen LogP contribution in [0.2, 0.25) is 0 Å². The Balaban J connectivity index is 1.46. The molecule has 8 heteroatoms. The van der Waals surface area contributed by atoms with E-state index in [2.05, 4.69) is 24.1 Å². The number of carbonyl (C=O) groups is 1. The Hall–Kier alpha value is -2.35. The second-order valence-corrected chi connectivity index (χ2v) is 8.56. The first-order chi connectivity index (χ1) is 15.0. The van der Waals surface area contributed by atoms with E-state index in [0.717, 1.165) is 32.2 Å². The van der Waals surface area contributed by atoms with E-state index in [4.69, 9.17) is 21.7 Å². The Kier molecular flexibility index (Phi) is 8.51. The number of carbonyl (C=O) groups excluding carboxylic acids is 1. The van der Waals surface area contributed by atoms with Crippen molar-refractivity contribution in [1.82, 2.24) is 14.9 Å². The van der Waals surface area contributed by atoms with E-state index < -0.39 is 0 Å². The summed E-state index contributed by atoms with van der Waals surface area (Å²) in [5, 5.41) is 3.61. The molecule has 2 aromatic rings. The molecule has 0 spiro atoms. The lowest BCUT2D eigenvalue weighted by Crippen LogP contribution is -2.29. The zero-order valence-electron chi connectivity index (χ0n) is 18.5. The molecule has 1 aliphatic heterocycles. The summed E-state index contributed by atoms with van der Waals surface area (Å²) in [7, 11) is 0. The van der Waals surface area contributed by atoms with E-state index in [1.54, 1.807) is 16.7 Å². The Bertz CT molecular complexity index is 1010. The number of hydrogen-bond donors (Lipinski definition) is 2. The fraction of sp³-hybridized carbons (Fsp3) is 0.609. The zero-order chi connectivity index (χ0) is 22.2. The maximum Gasteiger partial charge on any atom is 0.262 e. The van der Waals surface area contributed by atoms with E-state index >= 15 is 0 Å². The molecule has 0 saturated carbocycles. The summed E-state index contributed by atoms with van der Waals surface area (Å²) in [6.07, 6.45) is 7.66. The molecule has 1 atom stereocenters. The quantitative estimate of drug-likeness (QED) is 0.364. The van der Waals surface area contributed by atoms with Gasteiger partial charge in [-0.25, -0.2) is 0 Å². The first-order valence-corrected chi connectivity index (χ1v) is 11.8. The number of rotatable bonds is 12. The van der Waals surface area contributed by atoms with E-state index in [9.17, 15) is 9.59 Å². The fourth-order valence-corrected chi connectivity index (χ4v) is 4.15. The molecule has 1 aromatic carbocycles. The maximum atomic E-state index is 12.9. The molecular weight excluding hydrogens is 414 g/mol. The molecule has 170 valence electrons. The summed E-state index contributed by atoms with van der Waals surface area (Å²) in [6, 6.07) is 3.46. The van der Waals surface area contributed by atoms with Crippen LogP contribution < -0.4 is 20.3 Å². The number of amides is 1. The van der Waals surface area contributed by atoms with Crippen LogP contribution in [-0.2, 0) is 11.3 Å². The molecule has 1 aromatic heterocycles. The van der Waals surface area contributed by atoms with Crippen LogP contribution in [0, 0.1) is 10.7 Å². The lowest BCUT2D eigenvalue weighted by molar-refractivity contribution is -0.121. The van der Waals surface area contributed by atoms with Gasteiger partial charge in [0, 0.05) is 25.6 Å². The van der Waals surface area contributed by atoms with E-state index in [0.29, 0.717) is 46.1 Å². The third kappa shape index (κ3) is 6.09. The van der Waals surface area contributed by atoms with Gasteiger partial charge in [0.1, 0.15) is 0 Å². The summed E-state index contributed by atoms with van der Waals surface area (Å²) < 4.78 is 12.7. The molecule has 0 bridgehead atoms. The second kappa shape index (κ2) is 11.3. The molecule has 7 nitrogen and oxygen atoms in total. The van der Waals surface area contributed by atoms with E-state index in [1.807, 2.05) is 0 Å². The number of H-pyrrole nitrogens is 1. The highest BCUT2D eigenvalue weighted by molar-refractivity contribution is 7.71. The number of ether oxygens (including phenoxy) is 2. The van der Waals surface area contributed by atoms with Crippen molar-refractivity contribution in [2.45, 2.75) is 71.8 Å². The van der Waals surface area contributed by atoms with Gasteiger partial charge in [-0.2, -0.15) is 0 Å². The molecule has 0 fully saturated rings. The Morgan fingerprint density at radius 2 is 1.97 bits per heavy atom. The summed E-state index contributed by atoms with van der Waals surface area (Å²) in [5.41, 5.74) is 0.518. The predicted molar refractivity (Wildman–Crippen MR) is 124 cm³/mol. The minimum atomic E-state index is -0.132. The van der Waals surface area contributed by atoms with Crippen LogP contribution >= 0.6 is 12.2 Å². The topological polar surface area (TPSA) is 85.4 Å². The molecule has 0 aliphatic carbocycles. The fourth-order valence-electron chi connectivity index (χ4n) is 3.87. The summed E-state index contributed by atoms with van der Waals surface area (Å²) in [5.74, 6) is 1.88. The maximum absolute atomic E-state index is 12.9. The van der Waals surface area contributed by atoms with Crippen molar-refractivity contribution in [2.24, 2.45) is 5.92 Å². The van der Waals surface area contributed by atoms with Crippen molar-refractivity contribution in [3.63, 3.8) is 0 Å². The third-order valence-corrected chi connectivity index (χ3v) is 6.21. The van der Waals surface area contributed by atoms with Gasteiger partial charge in [-0.05, 0) is 43.5 Å². The van der Waals surface area contributed by atoms with Crippen LogP contribution in [0.4, 0.5) is 0 Å². The van der Waals surface area contributed by atoms with Crippen molar-refractivity contribution in [3.05, 3.63) is 27.3 Å². The van der Waals surface area contributed by atoms with Gasteiger partial charge < -0.3 is 19.8 Å². The molecule has 31 heavy (non-hydrogen) atoms. The van der Waals surface area contributed by atoms with Gasteiger partial charge in [0.15, 0.2) is 16.3 Å². The number of fused-ring (bicyclic) bond motifs is 2. The second-order valence-electron chi connectivity index (χ2n) is 8.17. The molecule has 1 amide bonds. The number of nitrogens with zero attached hydrogens (tertiary/aromatic N) is 1. The standard InChI is InChI=1S/C23H33N3O4S/c1-3-5-9-16(4-2)14-24-21(27)10-7-6-8-11-26-22(28)17-12-19-20(30-15-29-19)13-18(17)25-23(26)31/h12-13,16H,3-11,14-15H2,1-2H3,(H,24,27)(H,25,31). The summed E-state index contributed by atoms with van der Waals surface area (Å²) in [4.78, 5) is 28.1. The van der Waals surface area contributed by atoms with Gasteiger partial charge in [-0.15, -0.1) is 0 Å². The molecule has 1 unspecified atom stereocenters. The Morgan fingerprint density at radius 1 is 1.19 bits per heavy atom. The Morgan fingerprint density at radius 3 is 2.71 bits per heavy atom. The van der Waals surface area contributed by atoms with Crippen LogP contribution in [0.15, 0.2) is 16.9 Å². The summed E-state index contributed by atoms with van der Waals surface area (Å²) >= 11 is 5.39. The highest BCUT2D eigenvalue weighted by atomic mass is 32.1. The summed E-state index contributed by atoms with van der Waals surface area (Å²) in [6.45, 7) is 5.83. The van der Waals surface area contributed by atoms with Gasteiger partial charge in [0.2, 0.25) is 12.7 Å². The zero-order valence-corrected chi connectivity index (χ0v) is 19.3. The number of unbranched alkanes of at least 4 members (excludes halogenated alkanes) is 3. The van der Waals surface area contributed by atoms with Crippen LogP contribution in [0.3, 0.4) is 0 Å². The van der Waals surface area contributed by atoms with Gasteiger partial charge >= 0.3 is 0 Å². The van der Waals surface area contributed by atoms with Crippen molar-refractivity contribution in [3.8, 4) is 11.5 Å². The van der Waals surface area contributed by atoms with Crippen molar-refractivity contribution in [2.75, 3.05) is 13.3 Å². The van der Waals surface area contributed by atoms with Gasteiger partial charge in [0.05, 0.1) is 10.9 Å². The number of nitrogens with one attached hydrogen (secondary N) is 2. The molecule has 1 aliphatic rings. The van der Waals surface area contributed by atoms with Crippen molar-refractivity contribution < 1.29 is 14.3 Å². The van der Waals surface area contributed by atoms with Gasteiger partial charge in [0.25, 0.3) is 5.56 Å². The average Bonchev–Trinajstić information content (AvgIpc) is 3.22. The minimum absolute atomic E-state index is 0.117. The van der Waals surface area contributed by atoms with E-state index in [1.165, 1.54) is 19.3 Å². The SMILES string of the molecule is CCCCC(CC)CNC(=O)CCCCCn1c(=S)[nH]c2cc3c(cc2c1=O)OCO3. The largest absolute Gasteiger partial charge is 0.454 e. The minimum Gasteiger partial charge on any atom is -0.454 e. The smallest absolute Gasteiger partial charge is 0.262 e. The van der Waals surface area contributed by atoms with Crippen LogP contribution in [0.1, 0.15) is 65.2 Å². The normalized spacial score (nSPS) is 13.5.